The lowest BCUT2D eigenvalue weighted by Crippen LogP contribution is -2.42. The second kappa shape index (κ2) is 11.0. The van der Waals surface area contributed by atoms with Crippen molar-refractivity contribution in [3.63, 3.8) is 0 Å². The van der Waals surface area contributed by atoms with E-state index in [1.807, 2.05) is 18.2 Å². The number of hydrogen-bond donors (Lipinski definition) is 1. The summed E-state index contributed by atoms with van der Waals surface area (Å²) >= 11 is 3.27. The Morgan fingerprint density at radius 3 is 2.48 bits per heavy atom. The third-order valence-electron chi connectivity index (χ3n) is 7.91. The van der Waals surface area contributed by atoms with E-state index < -0.39 is 10.0 Å². The van der Waals surface area contributed by atoms with E-state index in [4.69, 9.17) is 4.98 Å². The molecule has 2 aliphatic heterocycles. The van der Waals surface area contributed by atoms with E-state index in [0.717, 1.165) is 58.3 Å². The minimum Gasteiger partial charge on any atom is -0.313 e. The van der Waals surface area contributed by atoms with Crippen LogP contribution in [-0.2, 0) is 23.0 Å². The molecule has 0 saturated carbocycles. The molecular weight excluding hydrogens is 561 g/mol. The van der Waals surface area contributed by atoms with Crippen LogP contribution in [0, 0.1) is 11.8 Å². The molecule has 7 nitrogen and oxygen atoms in total. The zero-order chi connectivity index (χ0) is 28.0. The Hall–Kier alpha value is -2.63. The van der Waals surface area contributed by atoms with Gasteiger partial charge in [0, 0.05) is 42.2 Å². The molecule has 1 N–H and O–H groups in total. The van der Waals surface area contributed by atoms with Gasteiger partial charge in [0.2, 0.25) is 10.0 Å². The summed E-state index contributed by atoms with van der Waals surface area (Å²) in [4.78, 5) is 22.3. The van der Waals surface area contributed by atoms with Crippen LogP contribution in [0.5, 0.6) is 0 Å². The monoisotopic (exact) mass is 594 g/mol. The van der Waals surface area contributed by atoms with Gasteiger partial charge in [-0.15, -0.1) is 22.7 Å². The number of benzene rings is 2. The normalized spacial score (nSPS) is 20.5. The number of fused-ring (bicyclic) bond motifs is 2. The van der Waals surface area contributed by atoms with Crippen LogP contribution >= 0.6 is 22.7 Å². The quantitative estimate of drug-likeness (QED) is 0.282. The fourth-order valence-corrected chi connectivity index (χ4v) is 10.00. The maximum atomic E-state index is 13.5. The van der Waals surface area contributed by atoms with Crippen molar-refractivity contribution < 1.29 is 13.2 Å². The van der Waals surface area contributed by atoms with Crippen molar-refractivity contribution in [3.8, 4) is 10.6 Å². The molecule has 4 aromatic rings. The fourth-order valence-electron chi connectivity index (χ4n) is 5.92. The average Bonchev–Trinajstić information content (AvgIpc) is 3.52. The van der Waals surface area contributed by atoms with Gasteiger partial charge in [0.25, 0.3) is 5.91 Å². The maximum Gasteiger partial charge on any atom is 0.256 e. The van der Waals surface area contributed by atoms with Gasteiger partial charge in [0.1, 0.15) is 10.0 Å². The lowest BCUT2D eigenvalue weighted by Gasteiger charge is -2.34. The number of thiazole rings is 1. The van der Waals surface area contributed by atoms with Crippen LogP contribution in [0.4, 0.5) is 5.00 Å². The Morgan fingerprint density at radius 2 is 1.77 bits per heavy atom. The molecule has 1 amide bonds. The summed E-state index contributed by atoms with van der Waals surface area (Å²) in [6.45, 7) is 10.3. The largest absolute Gasteiger partial charge is 0.313 e. The van der Waals surface area contributed by atoms with Gasteiger partial charge in [-0.3, -0.25) is 9.69 Å². The number of amides is 1. The number of nitrogens with zero attached hydrogens (tertiary/aromatic N) is 3. The van der Waals surface area contributed by atoms with Crippen molar-refractivity contribution in [2.75, 3.05) is 31.5 Å². The average molecular weight is 595 g/mol. The zero-order valence-electron chi connectivity index (χ0n) is 23.0. The van der Waals surface area contributed by atoms with Crippen molar-refractivity contribution >= 4 is 53.8 Å². The minimum absolute atomic E-state index is 0.228. The number of para-hydroxylation sites is 1. The van der Waals surface area contributed by atoms with Crippen LogP contribution in [0.1, 0.15) is 48.0 Å². The highest BCUT2D eigenvalue weighted by Gasteiger charge is 2.32. The third kappa shape index (κ3) is 5.23. The van der Waals surface area contributed by atoms with E-state index in [1.54, 1.807) is 51.2 Å². The first-order chi connectivity index (χ1) is 19.2. The molecule has 40 heavy (non-hydrogen) atoms. The zero-order valence-corrected chi connectivity index (χ0v) is 25.5. The molecule has 0 bridgehead atoms. The lowest BCUT2D eigenvalue weighted by molar-refractivity contribution is 0.102. The summed E-state index contributed by atoms with van der Waals surface area (Å²) in [6, 6.07) is 14.5. The molecule has 0 aliphatic carbocycles. The van der Waals surface area contributed by atoms with Crippen molar-refractivity contribution in [2.24, 2.45) is 11.8 Å². The molecule has 1 fully saturated rings. The molecule has 2 atom stereocenters. The van der Waals surface area contributed by atoms with Crippen LogP contribution in [0.25, 0.3) is 20.8 Å². The molecule has 0 radical (unpaired) electrons. The number of thiophene rings is 1. The molecule has 0 spiro atoms. The van der Waals surface area contributed by atoms with Gasteiger partial charge in [-0.25, -0.2) is 13.4 Å². The summed E-state index contributed by atoms with van der Waals surface area (Å²) in [6.07, 6.45) is 1.95. The van der Waals surface area contributed by atoms with Crippen molar-refractivity contribution in [3.05, 3.63) is 64.5 Å². The molecule has 1 saturated heterocycles. The number of carbonyl (C=O) groups is 1. The number of anilines is 1. The SMILES string of the molecule is CCN1CCc2c(sc(NC(=O)c3ccc(S(=O)(=O)N4CC(C)CC(C)C4)cc3)c2-c2nc3ccccc3s2)C1. The van der Waals surface area contributed by atoms with Gasteiger partial charge in [-0.2, -0.15) is 4.31 Å². The Kier molecular flexibility index (Phi) is 7.56. The Bertz CT molecular complexity index is 1620. The molecule has 2 unspecified atom stereocenters. The van der Waals surface area contributed by atoms with Gasteiger partial charge in [0.15, 0.2) is 0 Å². The number of likely N-dealkylation sites (N-methyl/N-ethyl adjacent to an activating group) is 1. The van der Waals surface area contributed by atoms with Crippen LogP contribution in [0.15, 0.2) is 53.4 Å². The van der Waals surface area contributed by atoms with Crippen LogP contribution in [0.3, 0.4) is 0 Å². The van der Waals surface area contributed by atoms with E-state index in [0.29, 0.717) is 30.5 Å². The number of hydrogen-bond acceptors (Lipinski definition) is 7. The lowest BCUT2D eigenvalue weighted by atomic mass is 9.94. The second-order valence-electron chi connectivity index (χ2n) is 11.1. The molecule has 4 heterocycles. The van der Waals surface area contributed by atoms with E-state index in [-0.39, 0.29) is 10.8 Å². The molecule has 6 rings (SSSR count). The van der Waals surface area contributed by atoms with E-state index in [9.17, 15) is 13.2 Å². The molecule has 2 aromatic heterocycles. The molecule has 2 aromatic carbocycles. The predicted octanol–water partition coefficient (Wildman–Crippen LogP) is 6.32. The number of piperidine rings is 1. The maximum absolute atomic E-state index is 13.5. The number of carbonyl (C=O) groups excluding carboxylic acids is 1. The van der Waals surface area contributed by atoms with Gasteiger partial charge < -0.3 is 5.32 Å². The van der Waals surface area contributed by atoms with Crippen LogP contribution in [-0.4, -0.2) is 54.7 Å². The van der Waals surface area contributed by atoms with E-state index in [2.05, 4.69) is 37.1 Å². The summed E-state index contributed by atoms with van der Waals surface area (Å²) in [5.41, 5.74) is 3.68. The highest BCUT2D eigenvalue weighted by Crippen LogP contribution is 2.45. The molecule has 210 valence electrons. The smallest absolute Gasteiger partial charge is 0.256 e. The second-order valence-corrected chi connectivity index (χ2v) is 15.1. The van der Waals surface area contributed by atoms with Crippen molar-refractivity contribution in [1.29, 1.82) is 0 Å². The van der Waals surface area contributed by atoms with Gasteiger partial charge in [-0.05, 0) is 73.2 Å². The number of rotatable bonds is 6. The van der Waals surface area contributed by atoms with Gasteiger partial charge in [-0.1, -0.05) is 32.9 Å². The van der Waals surface area contributed by atoms with E-state index >= 15 is 0 Å². The number of sulfonamides is 1. The first-order valence-electron chi connectivity index (χ1n) is 13.9. The minimum atomic E-state index is -3.60. The first-order valence-corrected chi connectivity index (χ1v) is 16.9. The fraction of sp³-hybridized carbons (Fsp3) is 0.400. The highest BCUT2D eigenvalue weighted by molar-refractivity contribution is 7.89. The highest BCUT2D eigenvalue weighted by atomic mass is 32.2. The predicted molar refractivity (Wildman–Crippen MR) is 164 cm³/mol. The first kappa shape index (κ1) is 27.5. The number of aromatic nitrogens is 1. The number of nitrogens with one attached hydrogen (secondary N) is 1. The summed E-state index contributed by atoms with van der Waals surface area (Å²) in [7, 11) is -3.60. The van der Waals surface area contributed by atoms with Gasteiger partial charge >= 0.3 is 0 Å². The van der Waals surface area contributed by atoms with Crippen LogP contribution in [0.2, 0.25) is 0 Å². The molecule has 2 aliphatic rings. The van der Waals surface area contributed by atoms with Crippen molar-refractivity contribution in [2.45, 2.75) is 45.1 Å². The standard InChI is InChI=1S/C30H34N4O3S3/c1-4-33-14-13-23-26(18-33)39-30(27(23)29-31-24-7-5-6-8-25(24)38-29)32-28(35)21-9-11-22(12-10-21)40(36,37)34-16-19(2)15-20(3)17-34/h5-12,19-20H,4,13-18H2,1-3H3,(H,32,35). The Morgan fingerprint density at radius 1 is 1.05 bits per heavy atom. The molecule has 10 heteroatoms. The Balaban J connectivity index is 1.29. The van der Waals surface area contributed by atoms with E-state index in [1.165, 1.54) is 10.4 Å². The summed E-state index contributed by atoms with van der Waals surface area (Å²) < 4.78 is 29.3. The molecular formula is C30H34N4O3S3. The summed E-state index contributed by atoms with van der Waals surface area (Å²) in [5.74, 6) is 0.404. The topological polar surface area (TPSA) is 82.6 Å². The summed E-state index contributed by atoms with van der Waals surface area (Å²) in [5, 5.41) is 4.89. The third-order valence-corrected chi connectivity index (χ3v) is 11.9. The van der Waals surface area contributed by atoms with Crippen molar-refractivity contribution in [1.82, 2.24) is 14.2 Å². The van der Waals surface area contributed by atoms with Gasteiger partial charge in [0.05, 0.1) is 15.1 Å². The Labute approximate surface area is 243 Å². The van der Waals surface area contributed by atoms with Crippen LogP contribution < -0.4 is 5.32 Å².